The maximum Gasteiger partial charge on any atom is 0.416 e. The molecule has 0 bridgehead atoms. The number of rotatable bonds is 7. The molecule has 1 unspecified atom stereocenters. The SMILES string of the molecule is C=C(Nc1ccc(C(F)(F)F)cc1)C(CC)n1nc(-c2cccc(OC)c2)ccc1=O. The second kappa shape index (κ2) is 9.07. The number of hydrogen-bond donors (Lipinski definition) is 1. The Morgan fingerprint density at radius 1 is 1.16 bits per heavy atom. The van der Waals surface area contributed by atoms with Gasteiger partial charge in [0, 0.05) is 23.0 Å². The maximum absolute atomic E-state index is 12.8. The summed E-state index contributed by atoms with van der Waals surface area (Å²) in [6.07, 6.45) is -3.90. The quantitative estimate of drug-likeness (QED) is 0.538. The standard InChI is InChI=1S/C23H22F3N3O2/c1-4-21(15(2)27-18-10-8-17(9-11-18)23(24,25)26)29-22(30)13-12-20(28-29)16-6-5-7-19(14-16)31-3/h5-14,21,27H,2,4H2,1,3H3. The van der Waals surface area contributed by atoms with Gasteiger partial charge in [0.1, 0.15) is 5.75 Å². The molecule has 162 valence electrons. The fraction of sp³-hybridized carbons (Fsp3) is 0.217. The van der Waals surface area contributed by atoms with Crippen LogP contribution >= 0.6 is 0 Å². The number of alkyl halides is 3. The van der Waals surface area contributed by atoms with E-state index in [0.29, 0.717) is 29.2 Å². The lowest BCUT2D eigenvalue weighted by atomic mass is 10.1. The number of methoxy groups -OCH3 is 1. The molecule has 0 amide bonds. The van der Waals surface area contributed by atoms with Gasteiger partial charge < -0.3 is 10.1 Å². The Labute approximate surface area is 177 Å². The highest BCUT2D eigenvalue weighted by Crippen LogP contribution is 2.30. The third kappa shape index (κ3) is 5.14. The van der Waals surface area contributed by atoms with Gasteiger partial charge in [-0.3, -0.25) is 4.79 Å². The minimum Gasteiger partial charge on any atom is -0.497 e. The minimum absolute atomic E-state index is 0.311. The number of allylic oxidation sites excluding steroid dienone is 1. The first-order valence-electron chi connectivity index (χ1n) is 9.60. The van der Waals surface area contributed by atoms with Crippen LogP contribution in [-0.2, 0) is 6.18 Å². The lowest BCUT2D eigenvalue weighted by molar-refractivity contribution is -0.137. The fourth-order valence-electron chi connectivity index (χ4n) is 3.16. The molecule has 0 aliphatic heterocycles. The number of anilines is 1. The number of aromatic nitrogens is 2. The normalized spacial score (nSPS) is 12.3. The highest BCUT2D eigenvalue weighted by molar-refractivity contribution is 5.60. The van der Waals surface area contributed by atoms with Gasteiger partial charge in [-0.15, -0.1) is 0 Å². The summed E-state index contributed by atoms with van der Waals surface area (Å²) in [7, 11) is 1.57. The van der Waals surface area contributed by atoms with Crippen LogP contribution in [0.1, 0.15) is 24.9 Å². The van der Waals surface area contributed by atoms with Crippen LogP contribution in [-0.4, -0.2) is 16.9 Å². The predicted molar refractivity (Wildman–Crippen MR) is 114 cm³/mol. The molecule has 0 spiro atoms. The van der Waals surface area contributed by atoms with Crippen molar-refractivity contribution in [2.75, 3.05) is 12.4 Å². The zero-order valence-corrected chi connectivity index (χ0v) is 17.1. The number of halogens is 3. The van der Waals surface area contributed by atoms with Crippen LogP contribution in [0, 0.1) is 0 Å². The number of benzene rings is 2. The molecule has 3 rings (SSSR count). The van der Waals surface area contributed by atoms with Crippen LogP contribution in [0.4, 0.5) is 18.9 Å². The zero-order valence-electron chi connectivity index (χ0n) is 17.1. The molecule has 1 atom stereocenters. The number of nitrogens with zero attached hydrogens (tertiary/aromatic N) is 2. The van der Waals surface area contributed by atoms with Crippen LogP contribution in [0.5, 0.6) is 5.75 Å². The highest BCUT2D eigenvalue weighted by Gasteiger charge is 2.30. The number of nitrogens with one attached hydrogen (secondary N) is 1. The lowest BCUT2D eigenvalue weighted by Crippen LogP contribution is -2.29. The summed E-state index contributed by atoms with van der Waals surface area (Å²) in [4.78, 5) is 12.5. The molecule has 3 aromatic rings. The average Bonchev–Trinajstić information content (AvgIpc) is 2.75. The van der Waals surface area contributed by atoms with E-state index in [1.54, 1.807) is 13.2 Å². The molecular formula is C23H22F3N3O2. The molecule has 1 N–H and O–H groups in total. The van der Waals surface area contributed by atoms with Gasteiger partial charge in [-0.05, 0) is 48.9 Å². The van der Waals surface area contributed by atoms with Gasteiger partial charge in [-0.2, -0.15) is 18.3 Å². The Kier molecular flexibility index (Phi) is 6.48. The first-order valence-corrected chi connectivity index (χ1v) is 9.60. The van der Waals surface area contributed by atoms with Crippen LogP contribution in [0.3, 0.4) is 0 Å². The lowest BCUT2D eigenvalue weighted by Gasteiger charge is -2.21. The molecule has 0 saturated heterocycles. The molecule has 0 aliphatic rings. The van der Waals surface area contributed by atoms with Gasteiger partial charge in [0.2, 0.25) is 0 Å². The Morgan fingerprint density at radius 3 is 2.48 bits per heavy atom. The molecule has 5 nitrogen and oxygen atoms in total. The van der Waals surface area contributed by atoms with E-state index >= 15 is 0 Å². The summed E-state index contributed by atoms with van der Waals surface area (Å²) in [5, 5.41) is 7.49. The van der Waals surface area contributed by atoms with E-state index in [-0.39, 0.29) is 5.56 Å². The van der Waals surface area contributed by atoms with Crippen LogP contribution in [0.2, 0.25) is 0 Å². The molecule has 8 heteroatoms. The molecule has 2 aromatic carbocycles. The first kappa shape index (κ1) is 22.1. The topological polar surface area (TPSA) is 56.1 Å². The largest absolute Gasteiger partial charge is 0.497 e. The average molecular weight is 429 g/mol. The van der Waals surface area contributed by atoms with Crippen molar-refractivity contribution in [1.82, 2.24) is 9.78 Å². The van der Waals surface area contributed by atoms with Crippen LogP contribution in [0.25, 0.3) is 11.3 Å². The maximum atomic E-state index is 12.8. The minimum atomic E-state index is -4.40. The third-order valence-corrected chi connectivity index (χ3v) is 4.79. The molecule has 0 saturated carbocycles. The molecule has 0 fully saturated rings. The molecule has 0 aliphatic carbocycles. The Morgan fingerprint density at radius 2 is 1.87 bits per heavy atom. The zero-order chi connectivity index (χ0) is 22.6. The van der Waals surface area contributed by atoms with Gasteiger partial charge in [0.15, 0.2) is 0 Å². The summed E-state index contributed by atoms with van der Waals surface area (Å²) in [5.41, 5.74) is 1.20. The molecular weight excluding hydrogens is 407 g/mol. The van der Waals surface area contributed by atoms with E-state index in [1.165, 1.54) is 22.9 Å². The number of ether oxygens (including phenoxy) is 1. The molecule has 0 radical (unpaired) electrons. The van der Waals surface area contributed by atoms with Crippen molar-refractivity contribution in [3.8, 4) is 17.0 Å². The van der Waals surface area contributed by atoms with Crippen molar-refractivity contribution in [3.05, 3.63) is 88.9 Å². The van der Waals surface area contributed by atoms with Gasteiger partial charge in [-0.1, -0.05) is 25.6 Å². The van der Waals surface area contributed by atoms with E-state index in [0.717, 1.165) is 17.7 Å². The Balaban J connectivity index is 1.87. The van der Waals surface area contributed by atoms with Crippen molar-refractivity contribution in [3.63, 3.8) is 0 Å². The highest BCUT2D eigenvalue weighted by atomic mass is 19.4. The fourth-order valence-corrected chi connectivity index (χ4v) is 3.16. The third-order valence-electron chi connectivity index (χ3n) is 4.79. The van der Waals surface area contributed by atoms with E-state index < -0.39 is 17.8 Å². The van der Waals surface area contributed by atoms with Gasteiger partial charge >= 0.3 is 6.18 Å². The Bertz CT molecular complexity index is 1120. The summed E-state index contributed by atoms with van der Waals surface area (Å²) >= 11 is 0. The molecule has 1 heterocycles. The van der Waals surface area contributed by atoms with Crippen molar-refractivity contribution >= 4 is 5.69 Å². The predicted octanol–water partition coefficient (Wildman–Crippen LogP) is 5.51. The molecule has 31 heavy (non-hydrogen) atoms. The summed E-state index contributed by atoms with van der Waals surface area (Å²) in [5.74, 6) is 0.664. The first-order chi connectivity index (χ1) is 14.7. The van der Waals surface area contributed by atoms with Crippen molar-refractivity contribution < 1.29 is 17.9 Å². The van der Waals surface area contributed by atoms with E-state index in [4.69, 9.17) is 4.74 Å². The van der Waals surface area contributed by atoms with E-state index in [1.807, 2.05) is 31.2 Å². The summed E-state index contributed by atoms with van der Waals surface area (Å²) in [6, 6.07) is 14.5. The number of hydrogen-bond acceptors (Lipinski definition) is 4. The van der Waals surface area contributed by atoms with Crippen LogP contribution < -0.4 is 15.6 Å². The van der Waals surface area contributed by atoms with Crippen molar-refractivity contribution in [1.29, 1.82) is 0 Å². The smallest absolute Gasteiger partial charge is 0.416 e. The van der Waals surface area contributed by atoms with Gasteiger partial charge in [-0.25, -0.2) is 4.68 Å². The monoisotopic (exact) mass is 429 g/mol. The summed E-state index contributed by atoms with van der Waals surface area (Å²) < 4.78 is 44.9. The van der Waals surface area contributed by atoms with Crippen molar-refractivity contribution in [2.45, 2.75) is 25.6 Å². The second-order valence-electron chi connectivity index (χ2n) is 6.88. The van der Waals surface area contributed by atoms with Crippen LogP contribution in [0.15, 0.2) is 77.7 Å². The van der Waals surface area contributed by atoms with Gasteiger partial charge in [0.05, 0.1) is 24.4 Å². The van der Waals surface area contributed by atoms with Crippen molar-refractivity contribution in [2.24, 2.45) is 0 Å². The van der Waals surface area contributed by atoms with E-state index in [9.17, 15) is 18.0 Å². The Hall–Kier alpha value is -3.55. The summed E-state index contributed by atoms with van der Waals surface area (Å²) in [6.45, 7) is 5.86. The van der Waals surface area contributed by atoms with Gasteiger partial charge in [0.25, 0.3) is 5.56 Å². The molecule has 1 aromatic heterocycles. The van der Waals surface area contributed by atoms with E-state index in [2.05, 4.69) is 17.0 Å². The second-order valence-corrected chi connectivity index (χ2v) is 6.88.